The van der Waals surface area contributed by atoms with E-state index in [1.807, 2.05) is 12.1 Å². The molecule has 162 valence electrons. The van der Waals surface area contributed by atoms with Gasteiger partial charge in [0.15, 0.2) is 11.5 Å². The van der Waals surface area contributed by atoms with Crippen LogP contribution < -0.4 is 9.47 Å². The fourth-order valence-corrected chi connectivity index (χ4v) is 3.97. The number of likely N-dealkylation sites (tertiary alicyclic amines) is 1. The molecule has 2 aromatic rings. The zero-order chi connectivity index (χ0) is 21.7. The summed E-state index contributed by atoms with van der Waals surface area (Å²) in [5, 5.41) is 10.5. The Balaban J connectivity index is 1.70. The maximum atomic E-state index is 12.3. The minimum atomic E-state index is -0.381. The van der Waals surface area contributed by atoms with E-state index in [-0.39, 0.29) is 17.6 Å². The molecular formula is C22H27ClN2O5. The van der Waals surface area contributed by atoms with Gasteiger partial charge in [0.2, 0.25) is 5.75 Å². The van der Waals surface area contributed by atoms with Gasteiger partial charge in [-0.3, -0.25) is 9.88 Å². The first-order valence-corrected chi connectivity index (χ1v) is 10.3. The third-order valence-corrected chi connectivity index (χ3v) is 5.51. The van der Waals surface area contributed by atoms with E-state index in [0.717, 1.165) is 37.2 Å². The number of aromatic hydroxyl groups is 1. The number of hydrogen-bond acceptors (Lipinski definition) is 7. The quantitative estimate of drug-likeness (QED) is 0.659. The van der Waals surface area contributed by atoms with Crippen molar-refractivity contribution in [1.29, 1.82) is 0 Å². The van der Waals surface area contributed by atoms with Gasteiger partial charge in [0.1, 0.15) is 0 Å². The lowest BCUT2D eigenvalue weighted by Gasteiger charge is -2.32. The summed E-state index contributed by atoms with van der Waals surface area (Å²) in [7, 11) is 3.04. The number of carbonyl (C=O) groups is 1. The van der Waals surface area contributed by atoms with Crippen molar-refractivity contribution in [2.45, 2.75) is 32.2 Å². The molecule has 8 heteroatoms. The lowest BCUT2D eigenvalue weighted by Crippen LogP contribution is -2.33. The molecule has 2 heterocycles. The van der Waals surface area contributed by atoms with E-state index >= 15 is 0 Å². The third-order valence-electron chi connectivity index (χ3n) is 5.30. The lowest BCUT2D eigenvalue weighted by atomic mass is 9.90. The minimum absolute atomic E-state index is 0.00256. The molecule has 0 aliphatic carbocycles. The van der Waals surface area contributed by atoms with Crippen molar-refractivity contribution in [3.05, 3.63) is 46.2 Å². The summed E-state index contributed by atoms with van der Waals surface area (Å²) in [6.45, 7) is 4.49. The summed E-state index contributed by atoms with van der Waals surface area (Å²) >= 11 is 6.06. The molecule has 1 aromatic carbocycles. The number of halogens is 1. The van der Waals surface area contributed by atoms with Gasteiger partial charge in [0.25, 0.3) is 0 Å². The highest BCUT2D eigenvalue weighted by atomic mass is 35.5. The van der Waals surface area contributed by atoms with Crippen LogP contribution in [0.15, 0.2) is 24.4 Å². The number of methoxy groups -OCH3 is 2. The Morgan fingerprint density at radius 3 is 2.40 bits per heavy atom. The Bertz CT molecular complexity index is 872. The number of aromatic nitrogens is 1. The first kappa shape index (κ1) is 22.2. The van der Waals surface area contributed by atoms with Crippen LogP contribution in [0, 0.1) is 0 Å². The van der Waals surface area contributed by atoms with Crippen LogP contribution >= 0.6 is 11.6 Å². The summed E-state index contributed by atoms with van der Waals surface area (Å²) in [4.78, 5) is 19.1. The van der Waals surface area contributed by atoms with Gasteiger partial charge >= 0.3 is 5.97 Å². The number of phenols is 1. The lowest BCUT2D eigenvalue weighted by molar-refractivity contribution is 0.0523. The van der Waals surface area contributed by atoms with E-state index in [2.05, 4.69) is 9.88 Å². The summed E-state index contributed by atoms with van der Waals surface area (Å²) in [6, 6.07) is 5.29. The SMILES string of the molecule is CCOC(=O)c1cc(Cl)cnc1C1CCN(Cc2cc(OC)c(O)c(OC)c2)CC1. The van der Waals surface area contributed by atoms with E-state index in [4.69, 9.17) is 25.8 Å². The number of phenolic OH excluding ortho intramolecular Hbond substituents is 1. The van der Waals surface area contributed by atoms with Gasteiger partial charge in [-0.15, -0.1) is 0 Å². The van der Waals surface area contributed by atoms with Crippen molar-refractivity contribution in [3.63, 3.8) is 0 Å². The second kappa shape index (κ2) is 10.00. The predicted octanol–water partition coefficient (Wildman–Crippen LogP) is 4.01. The number of pyridine rings is 1. The fourth-order valence-electron chi connectivity index (χ4n) is 3.81. The molecule has 7 nitrogen and oxygen atoms in total. The van der Waals surface area contributed by atoms with Crippen molar-refractivity contribution < 1.29 is 24.1 Å². The molecule has 1 saturated heterocycles. The van der Waals surface area contributed by atoms with Crippen molar-refractivity contribution in [2.24, 2.45) is 0 Å². The number of hydrogen-bond donors (Lipinski definition) is 1. The largest absolute Gasteiger partial charge is 0.502 e. The van der Waals surface area contributed by atoms with Crippen LogP contribution in [-0.4, -0.2) is 54.9 Å². The molecule has 0 radical (unpaired) electrons. The third kappa shape index (κ3) is 4.96. The maximum absolute atomic E-state index is 12.3. The summed E-state index contributed by atoms with van der Waals surface area (Å²) < 4.78 is 15.7. The van der Waals surface area contributed by atoms with Crippen molar-refractivity contribution in [1.82, 2.24) is 9.88 Å². The Hall–Kier alpha value is -2.51. The number of esters is 1. The molecule has 0 atom stereocenters. The highest BCUT2D eigenvalue weighted by Gasteiger charge is 2.27. The number of piperidine rings is 1. The maximum Gasteiger partial charge on any atom is 0.340 e. The molecule has 0 unspecified atom stereocenters. The Kier molecular flexibility index (Phi) is 7.39. The number of ether oxygens (including phenoxy) is 3. The average molecular weight is 435 g/mol. The fraction of sp³-hybridized carbons (Fsp3) is 0.455. The number of benzene rings is 1. The molecule has 3 rings (SSSR count). The molecule has 1 aromatic heterocycles. The minimum Gasteiger partial charge on any atom is -0.502 e. The van der Waals surface area contributed by atoms with E-state index in [9.17, 15) is 9.90 Å². The van der Waals surface area contributed by atoms with Crippen molar-refractivity contribution >= 4 is 17.6 Å². The normalized spacial score (nSPS) is 15.1. The highest BCUT2D eigenvalue weighted by Crippen LogP contribution is 2.38. The first-order chi connectivity index (χ1) is 14.5. The van der Waals surface area contributed by atoms with Crippen LogP contribution in [0.25, 0.3) is 0 Å². The van der Waals surface area contributed by atoms with Gasteiger partial charge in [-0.2, -0.15) is 0 Å². The summed E-state index contributed by atoms with van der Waals surface area (Å²) in [5.41, 5.74) is 2.21. The van der Waals surface area contributed by atoms with Crippen LogP contribution in [-0.2, 0) is 11.3 Å². The molecule has 0 amide bonds. The van der Waals surface area contributed by atoms with Crippen LogP contribution in [0.3, 0.4) is 0 Å². The molecule has 1 aliphatic rings. The van der Waals surface area contributed by atoms with Gasteiger partial charge < -0.3 is 19.3 Å². The molecular weight excluding hydrogens is 408 g/mol. The topological polar surface area (TPSA) is 81.1 Å². The van der Waals surface area contributed by atoms with Crippen molar-refractivity contribution in [2.75, 3.05) is 33.9 Å². The molecule has 1 fully saturated rings. The van der Waals surface area contributed by atoms with E-state index in [1.54, 1.807) is 19.2 Å². The number of carbonyl (C=O) groups excluding carboxylic acids is 1. The van der Waals surface area contributed by atoms with Gasteiger partial charge in [0, 0.05) is 18.7 Å². The zero-order valence-electron chi connectivity index (χ0n) is 17.5. The van der Waals surface area contributed by atoms with Gasteiger partial charge in [-0.1, -0.05) is 11.6 Å². The second-order valence-electron chi connectivity index (χ2n) is 7.21. The zero-order valence-corrected chi connectivity index (χ0v) is 18.2. The van der Waals surface area contributed by atoms with Crippen LogP contribution in [0.5, 0.6) is 17.2 Å². The van der Waals surface area contributed by atoms with Gasteiger partial charge in [-0.25, -0.2) is 4.79 Å². The van der Waals surface area contributed by atoms with E-state index in [0.29, 0.717) is 35.2 Å². The highest BCUT2D eigenvalue weighted by molar-refractivity contribution is 6.30. The van der Waals surface area contributed by atoms with E-state index < -0.39 is 0 Å². The predicted molar refractivity (Wildman–Crippen MR) is 114 cm³/mol. The number of rotatable bonds is 7. The first-order valence-electron chi connectivity index (χ1n) is 9.95. The van der Waals surface area contributed by atoms with Gasteiger partial charge in [0.05, 0.1) is 37.1 Å². The number of nitrogens with zero attached hydrogens (tertiary/aromatic N) is 2. The van der Waals surface area contributed by atoms with E-state index in [1.165, 1.54) is 14.2 Å². The monoisotopic (exact) mass is 434 g/mol. The van der Waals surface area contributed by atoms with Crippen molar-refractivity contribution in [3.8, 4) is 17.2 Å². The standard InChI is InChI=1S/C22H27ClN2O5/c1-4-30-22(27)17-11-16(23)12-24-20(17)15-5-7-25(8-6-15)13-14-9-18(28-2)21(26)19(10-14)29-3/h9-12,15,26H,4-8,13H2,1-3H3. The molecule has 30 heavy (non-hydrogen) atoms. The smallest absolute Gasteiger partial charge is 0.340 e. The molecule has 1 aliphatic heterocycles. The van der Waals surface area contributed by atoms with Crippen LogP contribution in [0.4, 0.5) is 0 Å². The Morgan fingerprint density at radius 1 is 1.20 bits per heavy atom. The molecule has 0 bridgehead atoms. The van der Waals surface area contributed by atoms with Gasteiger partial charge in [-0.05, 0) is 56.6 Å². The second-order valence-corrected chi connectivity index (χ2v) is 7.64. The average Bonchev–Trinajstić information content (AvgIpc) is 2.75. The molecule has 0 saturated carbocycles. The molecule has 0 spiro atoms. The summed E-state index contributed by atoms with van der Waals surface area (Å²) in [6.07, 6.45) is 3.32. The Labute approximate surface area is 181 Å². The Morgan fingerprint density at radius 2 is 1.83 bits per heavy atom. The molecule has 1 N–H and O–H groups in total. The summed E-state index contributed by atoms with van der Waals surface area (Å²) in [5.74, 6) is 0.574. The van der Waals surface area contributed by atoms with Crippen LogP contribution in [0.1, 0.15) is 47.3 Å². The van der Waals surface area contributed by atoms with Crippen LogP contribution in [0.2, 0.25) is 5.02 Å².